The fourth-order valence-corrected chi connectivity index (χ4v) is 2.84. The van der Waals surface area contributed by atoms with Gasteiger partial charge in [-0.05, 0) is 37.3 Å². The summed E-state index contributed by atoms with van der Waals surface area (Å²) >= 11 is 0. The summed E-state index contributed by atoms with van der Waals surface area (Å²) in [6.45, 7) is 2.06. The van der Waals surface area contributed by atoms with Gasteiger partial charge in [0.2, 0.25) is 0 Å². The number of hydrogen-bond donors (Lipinski definition) is 0. The zero-order valence-electron chi connectivity index (χ0n) is 10.7. The first-order chi connectivity index (χ1) is 8.44. The second-order valence-corrected chi connectivity index (χ2v) is 6.39. The predicted molar refractivity (Wildman–Crippen MR) is 72.7 cm³/mol. The molecule has 4 heteroatoms. The van der Waals surface area contributed by atoms with Gasteiger partial charge in [0.1, 0.15) is 0 Å². The van der Waals surface area contributed by atoms with Crippen LogP contribution in [-0.2, 0) is 14.3 Å². The quantitative estimate of drug-likeness (QED) is 0.790. The Labute approximate surface area is 109 Å². The molecule has 0 heterocycles. The van der Waals surface area contributed by atoms with Crippen molar-refractivity contribution in [2.75, 3.05) is 6.26 Å². The summed E-state index contributed by atoms with van der Waals surface area (Å²) in [5.41, 5.74) is 3.75. The fourth-order valence-electron chi connectivity index (χ4n) is 2.17. The smallest absolute Gasteiger partial charge is 0.264 e. The van der Waals surface area contributed by atoms with Crippen LogP contribution in [0.2, 0.25) is 0 Å². The van der Waals surface area contributed by atoms with Crippen LogP contribution in [0.25, 0.3) is 5.57 Å². The molecule has 1 aliphatic rings. The van der Waals surface area contributed by atoms with Crippen LogP contribution in [0.3, 0.4) is 0 Å². The maximum absolute atomic E-state index is 11.0. The van der Waals surface area contributed by atoms with Crippen LogP contribution in [0.5, 0.6) is 0 Å². The van der Waals surface area contributed by atoms with Gasteiger partial charge in [-0.25, -0.2) is 0 Å². The Hall–Kier alpha value is -1.13. The molecule has 0 N–H and O–H groups in total. The molecular weight excluding hydrogens is 248 g/mol. The molecule has 0 aromatic heterocycles. The summed E-state index contributed by atoms with van der Waals surface area (Å²) in [4.78, 5) is 0. The van der Waals surface area contributed by atoms with Gasteiger partial charge < -0.3 is 0 Å². The Morgan fingerprint density at radius 2 is 1.89 bits per heavy atom. The van der Waals surface area contributed by atoms with E-state index in [2.05, 4.69) is 37.3 Å². The van der Waals surface area contributed by atoms with Gasteiger partial charge in [-0.1, -0.05) is 35.9 Å². The molecule has 0 radical (unpaired) electrons. The highest BCUT2D eigenvalue weighted by molar-refractivity contribution is 7.86. The molecule has 0 unspecified atom stereocenters. The first-order valence-corrected chi connectivity index (χ1v) is 7.90. The van der Waals surface area contributed by atoms with Crippen LogP contribution in [0.1, 0.15) is 30.4 Å². The van der Waals surface area contributed by atoms with Gasteiger partial charge in [-0.15, -0.1) is 0 Å². The Bertz CT molecular complexity index is 541. The topological polar surface area (TPSA) is 43.4 Å². The number of benzene rings is 1. The summed E-state index contributed by atoms with van der Waals surface area (Å²) in [6, 6.07) is 8.41. The Kier molecular flexibility index (Phi) is 3.88. The van der Waals surface area contributed by atoms with E-state index in [4.69, 9.17) is 4.18 Å². The molecule has 18 heavy (non-hydrogen) atoms. The predicted octanol–water partition coefficient (Wildman–Crippen LogP) is 2.91. The van der Waals surface area contributed by atoms with Gasteiger partial charge in [0.15, 0.2) is 0 Å². The van der Waals surface area contributed by atoms with Crippen molar-refractivity contribution in [3.63, 3.8) is 0 Å². The maximum atomic E-state index is 11.0. The normalized spacial score (nSPS) is 20.6. The van der Waals surface area contributed by atoms with Crippen molar-refractivity contribution in [3.8, 4) is 0 Å². The van der Waals surface area contributed by atoms with Crippen molar-refractivity contribution >= 4 is 15.7 Å². The molecule has 0 amide bonds. The van der Waals surface area contributed by atoms with Gasteiger partial charge in [-0.3, -0.25) is 4.18 Å². The molecule has 1 aromatic rings. The minimum Gasteiger partial charge on any atom is -0.267 e. The molecule has 0 saturated heterocycles. The molecule has 0 aliphatic heterocycles. The summed E-state index contributed by atoms with van der Waals surface area (Å²) in [6.07, 6.45) is 5.27. The second-order valence-electron chi connectivity index (χ2n) is 4.79. The Morgan fingerprint density at radius 1 is 1.22 bits per heavy atom. The number of rotatable bonds is 3. The average Bonchev–Trinajstić information content (AvgIpc) is 2.29. The first kappa shape index (κ1) is 13.3. The lowest BCUT2D eigenvalue weighted by Gasteiger charge is -2.21. The fraction of sp³-hybridized carbons (Fsp3) is 0.429. The average molecular weight is 266 g/mol. The van der Waals surface area contributed by atoms with E-state index in [1.165, 1.54) is 16.7 Å². The summed E-state index contributed by atoms with van der Waals surface area (Å²) in [5, 5.41) is 0. The highest BCUT2D eigenvalue weighted by Crippen LogP contribution is 2.28. The van der Waals surface area contributed by atoms with Gasteiger partial charge >= 0.3 is 0 Å². The molecule has 1 aliphatic carbocycles. The summed E-state index contributed by atoms with van der Waals surface area (Å²) in [5.74, 6) is 0. The maximum Gasteiger partial charge on any atom is 0.264 e. The summed E-state index contributed by atoms with van der Waals surface area (Å²) < 4.78 is 27.1. The monoisotopic (exact) mass is 266 g/mol. The van der Waals surface area contributed by atoms with Crippen molar-refractivity contribution in [3.05, 3.63) is 41.5 Å². The zero-order chi connectivity index (χ0) is 13.2. The van der Waals surface area contributed by atoms with E-state index in [1.807, 2.05) is 0 Å². The second kappa shape index (κ2) is 5.24. The Balaban J connectivity index is 2.05. The van der Waals surface area contributed by atoms with Crippen molar-refractivity contribution in [1.29, 1.82) is 0 Å². The van der Waals surface area contributed by atoms with Gasteiger partial charge in [-0.2, -0.15) is 8.42 Å². The van der Waals surface area contributed by atoms with E-state index in [1.54, 1.807) is 0 Å². The van der Waals surface area contributed by atoms with E-state index in [-0.39, 0.29) is 6.10 Å². The van der Waals surface area contributed by atoms with E-state index < -0.39 is 10.1 Å². The van der Waals surface area contributed by atoms with Crippen molar-refractivity contribution in [2.45, 2.75) is 32.3 Å². The number of hydrogen-bond acceptors (Lipinski definition) is 3. The molecule has 98 valence electrons. The van der Waals surface area contributed by atoms with Crippen molar-refractivity contribution in [2.24, 2.45) is 0 Å². The van der Waals surface area contributed by atoms with E-state index in [0.29, 0.717) is 6.42 Å². The van der Waals surface area contributed by atoms with Gasteiger partial charge in [0, 0.05) is 0 Å². The van der Waals surface area contributed by atoms with E-state index >= 15 is 0 Å². The van der Waals surface area contributed by atoms with Crippen LogP contribution in [0, 0.1) is 6.92 Å². The minimum absolute atomic E-state index is 0.200. The van der Waals surface area contributed by atoms with E-state index in [0.717, 1.165) is 19.1 Å². The third-order valence-corrected chi connectivity index (χ3v) is 3.72. The molecule has 0 spiro atoms. The molecule has 1 aromatic carbocycles. The molecule has 0 bridgehead atoms. The molecular formula is C14H18O3S. The van der Waals surface area contributed by atoms with Crippen molar-refractivity contribution in [1.82, 2.24) is 0 Å². The molecule has 0 saturated carbocycles. The number of aryl methyl sites for hydroxylation is 1. The summed E-state index contributed by atoms with van der Waals surface area (Å²) in [7, 11) is -3.34. The third kappa shape index (κ3) is 3.68. The SMILES string of the molecule is Cc1ccc(C2=CC[C@H](OS(C)(=O)=O)CC2)cc1. The van der Waals surface area contributed by atoms with Crippen LogP contribution in [-0.4, -0.2) is 20.8 Å². The van der Waals surface area contributed by atoms with Gasteiger partial charge in [0.25, 0.3) is 10.1 Å². The molecule has 0 fully saturated rings. The molecule has 1 atom stereocenters. The van der Waals surface area contributed by atoms with E-state index in [9.17, 15) is 8.42 Å². The largest absolute Gasteiger partial charge is 0.267 e. The standard InChI is InChI=1S/C14H18O3S/c1-11-3-5-12(6-4-11)13-7-9-14(10-8-13)17-18(2,15)16/h3-7,14H,8-10H2,1-2H3/t14-/m0/s1. The minimum atomic E-state index is -3.34. The van der Waals surface area contributed by atoms with Crippen LogP contribution < -0.4 is 0 Å². The van der Waals surface area contributed by atoms with Crippen LogP contribution in [0.15, 0.2) is 30.3 Å². The Morgan fingerprint density at radius 3 is 2.39 bits per heavy atom. The van der Waals surface area contributed by atoms with Crippen molar-refractivity contribution < 1.29 is 12.6 Å². The van der Waals surface area contributed by atoms with Crippen LogP contribution in [0.4, 0.5) is 0 Å². The first-order valence-electron chi connectivity index (χ1n) is 6.08. The lowest BCUT2D eigenvalue weighted by atomic mass is 9.92. The molecule has 2 rings (SSSR count). The lowest BCUT2D eigenvalue weighted by molar-refractivity contribution is 0.202. The third-order valence-electron chi connectivity index (χ3n) is 3.10. The van der Waals surface area contributed by atoms with Gasteiger partial charge in [0.05, 0.1) is 12.4 Å². The van der Waals surface area contributed by atoms with Crippen LogP contribution >= 0.6 is 0 Å². The lowest BCUT2D eigenvalue weighted by Crippen LogP contribution is -2.19. The highest BCUT2D eigenvalue weighted by Gasteiger charge is 2.19. The number of allylic oxidation sites excluding steroid dienone is 1. The highest BCUT2D eigenvalue weighted by atomic mass is 32.2. The zero-order valence-corrected chi connectivity index (χ0v) is 11.5. The molecule has 3 nitrogen and oxygen atoms in total.